The number of fused-ring (bicyclic) bond motifs is 1. The maximum atomic E-state index is 13.0. The van der Waals surface area contributed by atoms with Crippen molar-refractivity contribution in [2.45, 2.75) is 48.5 Å². The van der Waals surface area contributed by atoms with Gasteiger partial charge >= 0.3 is 0 Å². The summed E-state index contributed by atoms with van der Waals surface area (Å²) >= 11 is 3.18. The van der Waals surface area contributed by atoms with Crippen LogP contribution in [0.5, 0.6) is 0 Å². The fraction of sp³-hybridized carbons (Fsp3) is 0.500. The number of nitrogens with one attached hydrogen (secondary N) is 2. The minimum absolute atomic E-state index is 0.0754. The van der Waals surface area contributed by atoms with E-state index >= 15 is 0 Å². The molecule has 0 saturated carbocycles. The van der Waals surface area contributed by atoms with E-state index in [0.29, 0.717) is 23.7 Å². The van der Waals surface area contributed by atoms with Crippen LogP contribution in [0.25, 0.3) is 0 Å². The van der Waals surface area contributed by atoms with Gasteiger partial charge < -0.3 is 10.1 Å². The molecular formula is C20H25N3O3S2. The molecular weight excluding hydrogens is 394 g/mol. The van der Waals surface area contributed by atoms with Crippen LogP contribution in [0.4, 0.5) is 5.82 Å². The second-order valence-corrected chi connectivity index (χ2v) is 9.81. The third kappa shape index (κ3) is 3.77. The van der Waals surface area contributed by atoms with Gasteiger partial charge in [0, 0.05) is 11.5 Å². The summed E-state index contributed by atoms with van der Waals surface area (Å²) < 4.78 is 7.70. The Morgan fingerprint density at radius 1 is 1.25 bits per heavy atom. The van der Waals surface area contributed by atoms with Gasteiger partial charge in [0.2, 0.25) is 5.91 Å². The molecule has 2 aliphatic heterocycles. The number of benzene rings is 1. The second kappa shape index (κ2) is 7.65. The predicted molar refractivity (Wildman–Crippen MR) is 115 cm³/mol. The van der Waals surface area contributed by atoms with Gasteiger partial charge in [-0.25, -0.2) is 0 Å². The lowest BCUT2D eigenvalue weighted by molar-refractivity contribution is -0.113. The minimum Gasteiger partial charge on any atom is -0.375 e. The van der Waals surface area contributed by atoms with E-state index in [0.717, 1.165) is 18.4 Å². The van der Waals surface area contributed by atoms with Crippen LogP contribution in [-0.2, 0) is 9.53 Å². The summed E-state index contributed by atoms with van der Waals surface area (Å²) in [5.41, 5.74) is 1.29. The zero-order valence-electron chi connectivity index (χ0n) is 16.3. The lowest BCUT2D eigenvalue weighted by atomic mass is 9.94. The average molecular weight is 420 g/mol. The fourth-order valence-electron chi connectivity index (χ4n) is 3.98. The third-order valence-corrected chi connectivity index (χ3v) is 7.33. The number of amides is 1. The monoisotopic (exact) mass is 419 g/mol. The summed E-state index contributed by atoms with van der Waals surface area (Å²) in [6, 6.07) is 8.32. The highest BCUT2D eigenvalue weighted by atomic mass is 32.2. The molecule has 4 rings (SSSR count). The topological polar surface area (TPSA) is 76.1 Å². The molecule has 8 heteroatoms. The fourth-order valence-corrected chi connectivity index (χ4v) is 5.51. The van der Waals surface area contributed by atoms with Crippen LogP contribution in [0.3, 0.4) is 0 Å². The Bertz CT molecular complexity index is 933. The zero-order chi connectivity index (χ0) is 19.9. The molecule has 0 unspecified atom stereocenters. The van der Waals surface area contributed by atoms with E-state index in [1.807, 2.05) is 10.9 Å². The Hall–Kier alpha value is -1.64. The van der Waals surface area contributed by atoms with Crippen LogP contribution in [-0.4, -0.2) is 39.9 Å². The van der Waals surface area contributed by atoms with Gasteiger partial charge in [-0.1, -0.05) is 12.1 Å². The van der Waals surface area contributed by atoms with Crippen LogP contribution in [0.15, 0.2) is 34.0 Å². The van der Waals surface area contributed by atoms with Gasteiger partial charge in [-0.3, -0.25) is 19.4 Å². The van der Waals surface area contributed by atoms with E-state index < -0.39 is 0 Å². The van der Waals surface area contributed by atoms with Gasteiger partial charge in [0.05, 0.1) is 28.2 Å². The molecule has 150 valence electrons. The first-order chi connectivity index (χ1) is 13.4. The molecule has 28 heavy (non-hydrogen) atoms. The molecule has 2 aromatic rings. The summed E-state index contributed by atoms with van der Waals surface area (Å²) in [6.45, 7) is 4.75. The highest BCUT2D eigenvalue weighted by Crippen LogP contribution is 2.42. The van der Waals surface area contributed by atoms with Crippen LogP contribution in [0.2, 0.25) is 0 Å². The number of hydrogen-bond donors (Lipinski definition) is 2. The van der Waals surface area contributed by atoms with E-state index in [4.69, 9.17) is 4.74 Å². The molecule has 1 aromatic carbocycles. The van der Waals surface area contributed by atoms with Crippen molar-refractivity contribution in [3.63, 3.8) is 0 Å². The van der Waals surface area contributed by atoms with Crippen molar-refractivity contribution in [1.29, 1.82) is 0 Å². The van der Waals surface area contributed by atoms with E-state index in [1.165, 1.54) is 16.7 Å². The smallest absolute Gasteiger partial charge is 0.270 e. The predicted octanol–water partition coefficient (Wildman–Crippen LogP) is 3.80. The van der Waals surface area contributed by atoms with Crippen molar-refractivity contribution in [2.75, 3.05) is 23.9 Å². The first-order valence-corrected chi connectivity index (χ1v) is 11.7. The molecule has 2 N–H and O–H groups in total. The van der Waals surface area contributed by atoms with Gasteiger partial charge in [0.15, 0.2) is 0 Å². The molecule has 1 amide bonds. The first kappa shape index (κ1) is 19.7. The summed E-state index contributed by atoms with van der Waals surface area (Å²) in [5, 5.41) is 5.81. The number of aromatic nitrogens is 2. The maximum absolute atomic E-state index is 13.0. The minimum atomic E-state index is -0.256. The number of rotatable bonds is 3. The number of hydrogen-bond acceptors (Lipinski definition) is 5. The standard InChI is InChI=1S/C20H25N3O3S2/c1-20(2)10-13(8-9-26-20)23-18-16(19(25)22-23)17(28-11-15(24)21-18)12-4-6-14(27-3)7-5-12/h4-7,13,17H,8-11H2,1-3H3,(H,21,24)(H,22,25)/t13-,17-/m1/s1. The molecule has 1 saturated heterocycles. The Balaban J connectivity index is 1.77. The van der Waals surface area contributed by atoms with Crippen molar-refractivity contribution in [3.8, 4) is 0 Å². The molecule has 2 atom stereocenters. The highest BCUT2D eigenvalue weighted by Gasteiger charge is 2.35. The van der Waals surface area contributed by atoms with Gasteiger partial charge in [-0.05, 0) is 50.6 Å². The summed E-state index contributed by atoms with van der Waals surface area (Å²) in [4.78, 5) is 26.6. The molecule has 1 aromatic heterocycles. The number of carbonyl (C=O) groups excluding carboxylic acids is 1. The van der Waals surface area contributed by atoms with Crippen molar-refractivity contribution >= 4 is 35.2 Å². The Morgan fingerprint density at radius 2 is 2.00 bits per heavy atom. The van der Waals surface area contributed by atoms with E-state index in [9.17, 15) is 9.59 Å². The van der Waals surface area contributed by atoms with Crippen LogP contribution >= 0.6 is 23.5 Å². The van der Waals surface area contributed by atoms with E-state index in [2.05, 4.69) is 48.5 Å². The van der Waals surface area contributed by atoms with Gasteiger partial charge in [-0.2, -0.15) is 0 Å². The number of ether oxygens (including phenoxy) is 1. The van der Waals surface area contributed by atoms with Gasteiger partial charge in [0.1, 0.15) is 5.82 Å². The lowest BCUT2D eigenvalue weighted by Crippen LogP contribution is -2.36. The van der Waals surface area contributed by atoms with Gasteiger partial charge in [-0.15, -0.1) is 23.5 Å². The number of carbonyl (C=O) groups is 1. The number of H-pyrrole nitrogens is 1. The summed E-state index contributed by atoms with van der Waals surface area (Å²) in [7, 11) is 0. The largest absolute Gasteiger partial charge is 0.375 e. The van der Waals surface area contributed by atoms with Crippen molar-refractivity contribution in [3.05, 3.63) is 45.7 Å². The average Bonchev–Trinajstić information content (AvgIpc) is 2.87. The molecule has 3 heterocycles. The molecule has 0 spiro atoms. The van der Waals surface area contributed by atoms with Crippen LogP contribution in [0, 0.1) is 0 Å². The Kier molecular flexibility index (Phi) is 5.37. The third-order valence-electron chi connectivity index (χ3n) is 5.32. The van der Waals surface area contributed by atoms with Crippen molar-refractivity contribution in [1.82, 2.24) is 9.78 Å². The van der Waals surface area contributed by atoms with E-state index in [-0.39, 0.29) is 28.4 Å². The van der Waals surface area contributed by atoms with Gasteiger partial charge in [0.25, 0.3) is 5.56 Å². The molecule has 1 fully saturated rings. The lowest BCUT2D eigenvalue weighted by Gasteiger charge is -2.36. The van der Waals surface area contributed by atoms with Crippen molar-refractivity contribution < 1.29 is 9.53 Å². The molecule has 2 aliphatic rings. The number of aromatic amines is 1. The van der Waals surface area contributed by atoms with Crippen LogP contribution in [0.1, 0.15) is 49.1 Å². The summed E-state index contributed by atoms with van der Waals surface area (Å²) in [6.07, 6.45) is 3.62. The maximum Gasteiger partial charge on any atom is 0.270 e. The molecule has 0 radical (unpaired) electrons. The molecule has 0 aliphatic carbocycles. The van der Waals surface area contributed by atoms with Crippen LogP contribution < -0.4 is 10.9 Å². The second-order valence-electron chi connectivity index (χ2n) is 7.84. The number of thioether (sulfide) groups is 2. The normalized spacial score (nSPS) is 24.3. The molecule has 6 nitrogen and oxygen atoms in total. The Morgan fingerprint density at radius 3 is 2.68 bits per heavy atom. The van der Waals surface area contributed by atoms with Crippen molar-refractivity contribution in [2.24, 2.45) is 0 Å². The number of nitrogens with zero attached hydrogens (tertiary/aromatic N) is 1. The Labute approximate surface area is 172 Å². The van der Waals surface area contributed by atoms with E-state index in [1.54, 1.807) is 11.8 Å². The SMILES string of the molecule is CSc1ccc([C@H]2SCC(=O)Nc3c2c(=O)[nH]n3[C@@H]2CCOC(C)(C)C2)cc1. The zero-order valence-corrected chi connectivity index (χ0v) is 17.9. The summed E-state index contributed by atoms with van der Waals surface area (Å²) in [5.74, 6) is 0.859. The quantitative estimate of drug-likeness (QED) is 0.740. The first-order valence-electron chi connectivity index (χ1n) is 9.42. The highest BCUT2D eigenvalue weighted by molar-refractivity contribution is 8.00. The molecule has 0 bridgehead atoms. The number of anilines is 1.